The summed E-state index contributed by atoms with van der Waals surface area (Å²) in [5.41, 5.74) is 2.15. The van der Waals surface area contributed by atoms with Crippen LogP contribution in [-0.4, -0.2) is 55.3 Å². The molecule has 4 rings (SSSR count). The fourth-order valence-corrected chi connectivity index (χ4v) is 3.41. The third-order valence-corrected chi connectivity index (χ3v) is 5.00. The lowest BCUT2D eigenvalue weighted by Gasteiger charge is -2.36. The van der Waals surface area contributed by atoms with Gasteiger partial charge < -0.3 is 24.6 Å². The highest BCUT2D eigenvalue weighted by Crippen LogP contribution is 2.32. The highest BCUT2D eigenvalue weighted by atomic mass is 16.6. The zero-order valence-corrected chi connectivity index (χ0v) is 15.4. The smallest absolute Gasteiger partial charge is 0.317 e. The van der Waals surface area contributed by atoms with Crippen LogP contribution in [0.25, 0.3) is 0 Å². The largest absolute Gasteiger partial charge is 0.486 e. The van der Waals surface area contributed by atoms with E-state index in [1.807, 2.05) is 42.2 Å². The number of nitrogens with one attached hydrogen (secondary N) is 1. The van der Waals surface area contributed by atoms with Crippen LogP contribution < -0.4 is 19.7 Å². The second-order valence-electron chi connectivity index (χ2n) is 6.75. The monoisotopic (exact) mass is 368 g/mol. The fourth-order valence-electron chi connectivity index (χ4n) is 3.41. The van der Waals surface area contributed by atoms with Gasteiger partial charge in [-0.15, -0.1) is 0 Å². The van der Waals surface area contributed by atoms with Gasteiger partial charge in [0.05, 0.1) is 6.04 Å². The molecule has 142 valence electrons. The van der Waals surface area contributed by atoms with Gasteiger partial charge in [0, 0.05) is 44.3 Å². The van der Waals surface area contributed by atoms with Gasteiger partial charge in [0.2, 0.25) is 0 Å². The quantitative estimate of drug-likeness (QED) is 0.901. The van der Waals surface area contributed by atoms with E-state index in [2.05, 4.69) is 15.2 Å². The summed E-state index contributed by atoms with van der Waals surface area (Å²) in [6.45, 7) is 6.13. The number of amides is 2. The van der Waals surface area contributed by atoms with Crippen molar-refractivity contribution < 1.29 is 14.3 Å². The van der Waals surface area contributed by atoms with Crippen LogP contribution in [0.5, 0.6) is 11.5 Å². The molecule has 7 nitrogen and oxygen atoms in total. The van der Waals surface area contributed by atoms with Crippen molar-refractivity contribution in [1.29, 1.82) is 0 Å². The van der Waals surface area contributed by atoms with Crippen molar-refractivity contribution in [2.24, 2.45) is 0 Å². The Labute approximate surface area is 158 Å². The number of piperazine rings is 1. The van der Waals surface area contributed by atoms with Crippen molar-refractivity contribution in [3.8, 4) is 11.5 Å². The van der Waals surface area contributed by atoms with Crippen molar-refractivity contribution in [1.82, 2.24) is 15.2 Å². The predicted molar refractivity (Wildman–Crippen MR) is 102 cm³/mol. The molecule has 0 spiro atoms. The highest BCUT2D eigenvalue weighted by Gasteiger charge is 2.23. The first-order valence-corrected chi connectivity index (χ1v) is 9.30. The number of carbonyl (C=O) groups excluding carboxylic acids is 1. The van der Waals surface area contributed by atoms with E-state index in [1.165, 1.54) is 0 Å². The average Bonchev–Trinajstić information content (AvgIpc) is 2.74. The molecule has 1 atom stereocenters. The number of ether oxygens (including phenoxy) is 2. The summed E-state index contributed by atoms with van der Waals surface area (Å²) in [5, 5.41) is 3.09. The molecule has 2 amide bonds. The zero-order chi connectivity index (χ0) is 18.6. The minimum Gasteiger partial charge on any atom is -0.486 e. The Morgan fingerprint density at radius 3 is 2.48 bits per heavy atom. The van der Waals surface area contributed by atoms with Crippen LogP contribution in [0, 0.1) is 0 Å². The first-order chi connectivity index (χ1) is 13.2. The van der Waals surface area contributed by atoms with Gasteiger partial charge in [-0.2, -0.15) is 0 Å². The van der Waals surface area contributed by atoms with Crippen LogP contribution in [0.1, 0.15) is 18.5 Å². The SMILES string of the molecule is CC(NC(=O)N1CCN(c2ccncc2)CC1)c1ccc2c(c1)OCCO2. The molecule has 2 aromatic rings. The average molecular weight is 368 g/mol. The van der Waals surface area contributed by atoms with E-state index < -0.39 is 0 Å². The van der Waals surface area contributed by atoms with E-state index in [-0.39, 0.29) is 12.1 Å². The van der Waals surface area contributed by atoms with Gasteiger partial charge >= 0.3 is 6.03 Å². The molecular weight excluding hydrogens is 344 g/mol. The second kappa shape index (κ2) is 7.73. The summed E-state index contributed by atoms with van der Waals surface area (Å²) < 4.78 is 11.2. The summed E-state index contributed by atoms with van der Waals surface area (Å²) in [4.78, 5) is 20.8. The minimum atomic E-state index is -0.105. The van der Waals surface area contributed by atoms with E-state index in [0.717, 1.165) is 35.8 Å². The summed E-state index contributed by atoms with van der Waals surface area (Å²) >= 11 is 0. The van der Waals surface area contributed by atoms with E-state index >= 15 is 0 Å². The highest BCUT2D eigenvalue weighted by molar-refractivity contribution is 5.75. The molecule has 0 aliphatic carbocycles. The van der Waals surface area contributed by atoms with Crippen LogP contribution in [0.15, 0.2) is 42.7 Å². The maximum Gasteiger partial charge on any atom is 0.317 e. The maximum atomic E-state index is 12.6. The van der Waals surface area contributed by atoms with Gasteiger partial charge in [-0.3, -0.25) is 4.98 Å². The second-order valence-corrected chi connectivity index (χ2v) is 6.75. The first kappa shape index (κ1) is 17.5. The fraction of sp³-hybridized carbons (Fsp3) is 0.400. The number of aromatic nitrogens is 1. The first-order valence-electron chi connectivity index (χ1n) is 9.30. The molecule has 0 saturated carbocycles. The molecule has 27 heavy (non-hydrogen) atoms. The Hall–Kier alpha value is -2.96. The van der Waals surface area contributed by atoms with Crippen LogP contribution >= 0.6 is 0 Å². The molecule has 1 aromatic heterocycles. The molecule has 1 N–H and O–H groups in total. The number of pyridine rings is 1. The molecule has 1 aromatic carbocycles. The zero-order valence-electron chi connectivity index (χ0n) is 15.4. The third kappa shape index (κ3) is 3.92. The molecule has 1 fully saturated rings. The number of carbonyl (C=O) groups is 1. The summed E-state index contributed by atoms with van der Waals surface area (Å²) in [6.07, 6.45) is 3.59. The van der Waals surface area contributed by atoms with Crippen LogP contribution in [0.4, 0.5) is 10.5 Å². The van der Waals surface area contributed by atoms with Gasteiger partial charge in [-0.1, -0.05) is 6.07 Å². The summed E-state index contributed by atoms with van der Waals surface area (Å²) in [5.74, 6) is 1.50. The normalized spacial score (nSPS) is 17.4. The van der Waals surface area contributed by atoms with Gasteiger partial charge in [-0.05, 0) is 36.8 Å². The molecule has 2 aliphatic heterocycles. The van der Waals surface area contributed by atoms with Crippen molar-refractivity contribution in [2.75, 3.05) is 44.3 Å². The van der Waals surface area contributed by atoms with E-state index in [1.54, 1.807) is 12.4 Å². The molecule has 3 heterocycles. The van der Waals surface area contributed by atoms with Crippen molar-refractivity contribution >= 4 is 11.7 Å². The Morgan fingerprint density at radius 1 is 1.04 bits per heavy atom. The number of anilines is 1. The predicted octanol–water partition coefficient (Wildman–Crippen LogP) is 2.45. The van der Waals surface area contributed by atoms with E-state index in [9.17, 15) is 4.79 Å². The third-order valence-electron chi connectivity index (χ3n) is 5.00. The summed E-state index contributed by atoms with van der Waals surface area (Å²) in [6, 6.07) is 9.68. The lowest BCUT2D eigenvalue weighted by Crippen LogP contribution is -2.52. The number of rotatable bonds is 3. The Morgan fingerprint density at radius 2 is 1.74 bits per heavy atom. The molecule has 0 radical (unpaired) electrons. The number of hydrogen-bond donors (Lipinski definition) is 1. The van der Waals surface area contributed by atoms with Crippen molar-refractivity contribution in [2.45, 2.75) is 13.0 Å². The number of urea groups is 1. The number of nitrogens with zero attached hydrogens (tertiary/aromatic N) is 3. The minimum absolute atomic E-state index is 0.0354. The van der Waals surface area contributed by atoms with Gasteiger partial charge in [-0.25, -0.2) is 4.79 Å². The molecule has 1 unspecified atom stereocenters. The van der Waals surface area contributed by atoms with Crippen LogP contribution in [0.2, 0.25) is 0 Å². The molecule has 0 bridgehead atoms. The van der Waals surface area contributed by atoms with Gasteiger partial charge in [0.1, 0.15) is 13.2 Å². The van der Waals surface area contributed by atoms with Gasteiger partial charge in [0.15, 0.2) is 11.5 Å². The number of benzene rings is 1. The molecule has 1 saturated heterocycles. The van der Waals surface area contributed by atoms with E-state index in [4.69, 9.17) is 9.47 Å². The number of fused-ring (bicyclic) bond motifs is 1. The van der Waals surface area contributed by atoms with Crippen LogP contribution in [0.3, 0.4) is 0 Å². The maximum absolute atomic E-state index is 12.6. The molecule has 2 aliphatic rings. The number of hydrogen-bond acceptors (Lipinski definition) is 5. The van der Waals surface area contributed by atoms with Gasteiger partial charge in [0.25, 0.3) is 0 Å². The lowest BCUT2D eigenvalue weighted by atomic mass is 10.1. The Bertz CT molecular complexity index is 791. The standard InChI is InChI=1S/C20H24N4O3/c1-15(16-2-3-18-19(14-16)27-13-12-26-18)22-20(25)24-10-8-23(9-11-24)17-4-6-21-7-5-17/h2-7,14-15H,8-13H2,1H3,(H,22,25). The summed E-state index contributed by atoms with van der Waals surface area (Å²) in [7, 11) is 0. The Kier molecular flexibility index (Phi) is 5.00. The lowest BCUT2D eigenvalue weighted by molar-refractivity contribution is 0.171. The topological polar surface area (TPSA) is 66.9 Å². The Balaban J connectivity index is 1.33. The van der Waals surface area contributed by atoms with Crippen molar-refractivity contribution in [3.63, 3.8) is 0 Å². The van der Waals surface area contributed by atoms with Crippen LogP contribution in [-0.2, 0) is 0 Å². The molecule has 7 heteroatoms. The van der Waals surface area contributed by atoms with Crippen molar-refractivity contribution in [3.05, 3.63) is 48.3 Å². The van der Waals surface area contributed by atoms with E-state index in [0.29, 0.717) is 26.3 Å². The molecular formula is C20H24N4O3.